The number of amides is 1. The van der Waals surface area contributed by atoms with Crippen LogP contribution in [-0.2, 0) is 23.0 Å². The Labute approximate surface area is 118 Å². The highest BCUT2D eigenvalue weighted by molar-refractivity contribution is 5.92. The first-order valence-corrected chi connectivity index (χ1v) is 6.96. The standard InChI is InChI=1S/C14H21N3O3/c1-4-11-9-12(16(2)15-11)13(18)17-7-5-10(6-8-17)14(19)20-3/h9-10H,4-8H2,1-3H3. The second-order valence-electron chi connectivity index (χ2n) is 5.09. The van der Waals surface area contributed by atoms with Gasteiger partial charge >= 0.3 is 5.97 Å². The molecule has 1 amide bonds. The molecule has 0 unspecified atom stereocenters. The van der Waals surface area contributed by atoms with Gasteiger partial charge in [-0.15, -0.1) is 0 Å². The first-order chi connectivity index (χ1) is 9.56. The SMILES string of the molecule is CCc1cc(C(=O)N2CCC(C(=O)OC)CC2)n(C)n1. The lowest BCUT2D eigenvalue weighted by atomic mass is 9.97. The van der Waals surface area contributed by atoms with Gasteiger partial charge in [-0.3, -0.25) is 14.3 Å². The first-order valence-electron chi connectivity index (χ1n) is 6.96. The van der Waals surface area contributed by atoms with Gasteiger partial charge in [-0.25, -0.2) is 0 Å². The van der Waals surface area contributed by atoms with Crippen LogP contribution < -0.4 is 0 Å². The summed E-state index contributed by atoms with van der Waals surface area (Å²) in [6.45, 7) is 3.19. The first kappa shape index (κ1) is 14.6. The molecule has 0 atom stereocenters. The minimum Gasteiger partial charge on any atom is -0.469 e. The predicted octanol–water partition coefficient (Wildman–Crippen LogP) is 1.01. The molecule has 0 aromatic carbocycles. The number of hydrogen-bond acceptors (Lipinski definition) is 4. The average molecular weight is 279 g/mol. The molecular weight excluding hydrogens is 258 g/mol. The van der Waals surface area contributed by atoms with Crippen LogP contribution in [0.4, 0.5) is 0 Å². The van der Waals surface area contributed by atoms with Crippen molar-refractivity contribution < 1.29 is 14.3 Å². The van der Waals surface area contributed by atoms with E-state index in [1.807, 2.05) is 13.0 Å². The number of nitrogens with zero attached hydrogens (tertiary/aromatic N) is 3. The van der Waals surface area contributed by atoms with Gasteiger partial charge in [0.1, 0.15) is 5.69 Å². The van der Waals surface area contributed by atoms with E-state index in [2.05, 4.69) is 5.10 Å². The molecule has 0 bridgehead atoms. The molecular formula is C14H21N3O3. The quantitative estimate of drug-likeness (QED) is 0.775. The molecule has 1 aromatic heterocycles. The fourth-order valence-corrected chi connectivity index (χ4v) is 2.55. The third-order valence-corrected chi connectivity index (χ3v) is 3.83. The van der Waals surface area contributed by atoms with Gasteiger partial charge < -0.3 is 9.64 Å². The predicted molar refractivity (Wildman–Crippen MR) is 73.2 cm³/mol. The number of hydrogen-bond donors (Lipinski definition) is 0. The largest absolute Gasteiger partial charge is 0.469 e. The number of aryl methyl sites for hydroxylation is 2. The molecule has 1 aromatic rings. The molecule has 20 heavy (non-hydrogen) atoms. The molecule has 0 saturated carbocycles. The number of rotatable bonds is 3. The van der Waals surface area contributed by atoms with E-state index in [4.69, 9.17) is 4.74 Å². The van der Waals surface area contributed by atoms with Crippen LogP contribution >= 0.6 is 0 Å². The molecule has 2 heterocycles. The van der Waals surface area contributed by atoms with Crippen molar-refractivity contribution in [3.05, 3.63) is 17.5 Å². The van der Waals surface area contributed by atoms with Crippen molar-refractivity contribution in [3.8, 4) is 0 Å². The Kier molecular flexibility index (Phi) is 4.42. The van der Waals surface area contributed by atoms with E-state index < -0.39 is 0 Å². The van der Waals surface area contributed by atoms with Crippen molar-refractivity contribution in [2.24, 2.45) is 13.0 Å². The molecule has 1 saturated heterocycles. The number of carbonyl (C=O) groups is 2. The van der Waals surface area contributed by atoms with E-state index >= 15 is 0 Å². The van der Waals surface area contributed by atoms with Crippen LogP contribution in [0.3, 0.4) is 0 Å². The van der Waals surface area contributed by atoms with Crippen molar-refractivity contribution in [2.75, 3.05) is 20.2 Å². The summed E-state index contributed by atoms with van der Waals surface area (Å²) in [5.74, 6) is -0.268. The van der Waals surface area contributed by atoms with Gasteiger partial charge in [0.05, 0.1) is 18.7 Å². The van der Waals surface area contributed by atoms with Gasteiger partial charge in [-0.2, -0.15) is 5.10 Å². The van der Waals surface area contributed by atoms with Crippen molar-refractivity contribution in [2.45, 2.75) is 26.2 Å². The maximum atomic E-state index is 12.4. The van der Waals surface area contributed by atoms with Crippen LogP contribution in [0.15, 0.2) is 6.07 Å². The fourth-order valence-electron chi connectivity index (χ4n) is 2.55. The van der Waals surface area contributed by atoms with Crippen molar-refractivity contribution in [3.63, 3.8) is 0 Å². The summed E-state index contributed by atoms with van der Waals surface area (Å²) in [5, 5.41) is 4.30. The van der Waals surface area contributed by atoms with Crippen LogP contribution in [0.1, 0.15) is 35.9 Å². The highest BCUT2D eigenvalue weighted by Gasteiger charge is 2.29. The van der Waals surface area contributed by atoms with E-state index in [9.17, 15) is 9.59 Å². The van der Waals surface area contributed by atoms with Crippen LogP contribution in [0, 0.1) is 5.92 Å². The number of likely N-dealkylation sites (tertiary alicyclic amines) is 1. The Hall–Kier alpha value is -1.85. The molecule has 0 N–H and O–H groups in total. The monoisotopic (exact) mass is 279 g/mol. The molecule has 0 radical (unpaired) electrons. The summed E-state index contributed by atoms with van der Waals surface area (Å²) in [6, 6.07) is 1.84. The molecule has 0 aliphatic carbocycles. The molecule has 6 nitrogen and oxygen atoms in total. The molecule has 0 spiro atoms. The van der Waals surface area contributed by atoms with Crippen molar-refractivity contribution >= 4 is 11.9 Å². The lowest BCUT2D eigenvalue weighted by Crippen LogP contribution is -2.41. The Morgan fingerprint density at radius 3 is 2.55 bits per heavy atom. The minimum atomic E-state index is -0.175. The number of methoxy groups -OCH3 is 1. The molecule has 2 rings (SSSR count). The van der Waals surface area contributed by atoms with Crippen molar-refractivity contribution in [1.82, 2.24) is 14.7 Å². The zero-order chi connectivity index (χ0) is 14.7. The molecule has 1 aliphatic rings. The van der Waals surface area contributed by atoms with Gasteiger partial charge in [0.2, 0.25) is 0 Å². The van der Waals surface area contributed by atoms with Gasteiger partial charge in [0.25, 0.3) is 5.91 Å². The van der Waals surface area contributed by atoms with Gasteiger partial charge in [0, 0.05) is 20.1 Å². The third-order valence-electron chi connectivity index (χ3n) is 3.83. The van der Waals surface area contributed by atoms with Gasteiger partial charge in [-0.05, 0) is 25.3 Å². The van der Waals surface area contributed by atoms with Gasteiger partial charge in [-0.1, -0.05) is 6.92 Å². The minimum absolute atomic E-state index is 0.0111. The summed E-state index contributed by atoms with van der Waals surface area (Å²) in [5.41, 5.74) is 1.53. The maximum absolute atomic E-state index is 12.4. The van der Waals surface area contributed by atoms with Gasteiger partial charge in [0.15, 0.2) is 0 Å². The molecule has 110 valence electrons. The second kappa shape index (κ2) is 6.07. The Morgan fingerprint density at radius 2 is 2.05 bits per heavy atom. The summed E-state index contributed by atoms with van der Waals surface area (Å²) in [4.78, 5) is 25.7. The van der Waals surface area contributed by atoms with Crippen LogP contribution in [-0.4, -0.2) is 46.8 Å². The Morgan fingerprint density at radius 1 is 1.40 bits per heavy atom. The third kappa shape index (κ3) is 2.84. The van der Waals surface area contributed by atoms with Crippen molar-refractivity contribution in [1.29, 1.82) is 0 Å². The number of esters is 1. The van der Waals surface area contributed by atoms with E-state index in [0.29, 0.717) is 31.6 Å². The number of carbonyl (C=O) groups excluding carboxylic acids is 2. The van der Waals surface area contributed by atoms with E-state index in [1.165, 1.54) is 7.11 Å². The van der Waals surface area contributed by atoms with E-state index in [0.717, 1.165) is 12.1 Å². The normalized spacial score (nSPS) is 16.2. The van der Waals surface area contributed by atoms with Crippen LogP contribution in [0.25, 0.3) is 0 Å². The number of piperidine rings is 1. The highest BCUT2D eigenvalue weighted by atomic mass is 16.5. The number of aromatic nitrogens is 2. The lowest BCUT2D eigenvalue weighted by molar-refractivity contribution is -0.146. The summed E-state index contributed by atoms with van der Waals surface area (Å²) < 4.78 is 6.38. The lowest BCUT2D eigenvalue weighted by Gasteiger charge is -2.30. The molecule has 6 heteroatoms. The summed E-state index contributed by atoms with van der Waals surface area (Å²) in [7, 11) is 3.19. The zero-order valence-electron chi connectivity index (χ0n) is 12.3. The smallest absolute Gasteiger partial charge is 0.308 e. The van der Waals surface area contributed by atoms with E-state index in [1.54, 1.807) is 16.6 Å². The zero-order valence-corrected chi connectivity index (χ0v) is 12.3. The second-order valence-corrected chi connectivity index (χ2v) is 5.09. The average Bonchev–Trinajstić information content (AvgIpc) is 2.87. The van der Waals surface area contributed by atoms with Crippen LogP contribution in [0.5, 0.6) is 0 Å². The fraction of sp³-hybridized carbons (Fsp3) is 0.643. The Bertz CT molecular complexity index is 502. The maximum Gasteiger partial charge on any atom is 0.308 e. The Balaban J connectivity index is 2.01. The molecule has 1 aliphatic heterocycles. The topological polar surface area (TPSA) is 64.4 Å². The summed E-state index contributed by atoms with van der Waals surface area (Å²) >= 11 is 0. The molecule has 1 fully saturated rings. The summed E-state index contributed by atoms with van der Waals surface area (Å²) in [6.07, 6.45) is 2.14. The van der Waals surface area contributed by atoms with E-state index in [-0.39, 0.29) is 17.8 Å². The highest BCUT2D eigenvalue weighted by Crippen LogP contribution is 2.20. The van der Waals surface area contributed by atoms with Crippen LogP contribution in [0.2, 0.25) is 0 Å². The number of ether oxygens (including phenoxy) is 1.